The highest BCUT2D eigenvalue weighted by Gasteiger charge is 2.15. The highest BCUT2D eigenvalue weighted by Crippen LogP contribution is 2.28. The summed E-state index contributed by atoms with van der Waals surface area (Å²) in [4.78, 5) is 6.00. The van der Waals surface area contributed by atoms with Gasteiger partial charge in [-0.15, -0.1) is 11.3 Å². The molecule has 0 radical (unpaired) electrons. The van der Waals surface area contributed by atoms with Crippen molar-refractivity contribution in [3.63, 3.8) is 0 Å². The van der Waals surface area contributed by atoms with E-state index in [1.54, 1.807) is 0 Å². The lowest BCUT2D eigenvalue weighted by molar-refractivity contribution is 0.896. The van der Waals surface area contributed by atoms with Gasteiger partial charge in [0.1, 0.15) is 5.01 Å². The molecule has 1 aromatic rings. The minimum Gasteiger partial charge on any atom is -0.245 e. The van der Waals surface area contributed by atoms with Crippen LogP contribution in [0.2, 0.25) is 0 Å². The summed E-state index contributed by atoms with van der Waals surface area (Å²) >= 11 is 5.27. The number of fused-ring (bicyclic) bond motifs is 1. The second-order valence-electron chi connectivity index (χ2n) is 2.46. The van der Waals surface area contributed by atoms with Gasteiger partial charge in [0.15, 0.2) is 0 Å². The molecule has 3 heteroatoms. The first kappa shape index (κ1) is 6.80. The predicted octanol–water partition coefficient (Wildman–Crippen LogP) is 2.53. The van der Waals surface area contributed by atoms with E-state index < -0.39 is 0 Å². The molecule has 0 saturated carbocycles. The van der Waals surface area contributed by atoms with Crippen molar-refractivity contribution >= 4 is 27.3 Å². The third kappa shape index (κ3) is 1.01. The Balaban J connectivity index is 2.37. The third-order valence-corrected chi connectivity index (χ3v) is 3.81. The van der Waals surface area contributed by atoms with Gasteiger partial charge in [0.25, 0.3) is 0 Å². The van der Waals surface area contributed by atoms with Gasteiger partial charge in [0.05, 0.1) is 11.0 Å². The first-order valence-electron chi connectivity index (χ1n) is 3.43. The van der Waals surface area contributed by atoms with Crippen LogP contribution in [0, 0.1) is 0 Å². The second kappa shape index (κ2) is 2.62. The van der Waals surface area contributed by atoms with E-state index in [1.807, 2.05) is 11.3 Å². The highest BCUT2D eigenvalue weighted by molar-refractivity contribution is 9.08. The zero-order valence-corrected chi connectivity index (χ0v) is 7.96. The SMILES string of the molecule is BrCc1nc2c(s1)CCC2. The van der Waals surface area contributed by atoms with Crippen LogP contribution in [0.1, 0.15) is 22.0 Å². The molecular formula is C7H8BrNS. The van der Waals surface area contributed by atoms with Crippen LogP contribution >= 0.6 is 27.3 Å². The number of thiazole rings is 1. The lowest BCUT2D eigenvalue weighted by Gasteiger charge is -1.84. The van der Waals surface area contributed by atoms with Crippen LogP contribution in [0.4, 0.5) is 0 Å². The average Bonchev–Trinajstić information content (AvgIpc) is 2.42. The van der Waals surface area contributed by atoms with Gasteiger partial charge in [0, 0.05) is 4.88 Å². The van der Waals surface area contributed by atoms with E-state index >= 15 is 0 Å². The van der Waals surface area contributed by atoms with E-state index in [0.717, 1.165) is 5.33 Å². The average molecular weight is 218 g/mol. The van der Waals surface area contributed by atoms with Crippen molar-refractivity contribution in [3.05, 3.63) is 15.6 Å². The molecular weight excluding hydrogens is 210 g/mol. The predicted molar refractivity (Wildman–Crippen MR) is 46.8 cm³/mol. The van der Waals surface area contributed by atoms with Crippen molar-refractivity contribution in [3.8, 4) is 0 Å². The van der Waals surface area contributed by atoms with Crippen LogP contribution in [0.25, 0.3) is 0 Å². The molecule has 54 valence electrons. The van der Waals surface area contributed by atoms with Crippen molar-refractivity contribution in [1.29, 1.82) is 0 Å². The number of hydrogen-bond acceptors (Lipinski definition) is 2. The Morgan fingerprint density at radius 2 is 2.40 bits per heavy atom. The minimum absolute atomic E-state index is 0.921. The molecule has 1 aliphatic carbocycles. The molecule has 1 aromatic heterocycles. The molecule has 0 unspecified atom stereocenters. The van der Waals surface area contributed by atoms with Crippen molar-refractivity contribution in [2.45, 2.75) is 24.6 Å². The second-order valence-corrected chi connectivity index (χ2v) is 4.19. The standard InChI is InChI=1S/C7H8BrNS/c8-4-7-9-5-2-1-3-6(5)10-7/h1-4H2. The molecule has 0 bridgehead atoms. The molecule has 0 aromatic carbocycles. The van der Waals surface area contributed by atoms with Crippen LogP contribution < -0.4 is 0 Å². The lowest BCUT2D eigenvalue weighted by atomic mass is 10.4. The summed E-state index contributed by atoms with van der Waals surface area (Å²) in [5.41, 5.74) is 1.36. The van der Waals surface area contributed by atoms with Crippen molar-refractivity contribution < 1.29 is 0 Å². The van der Waals surface area contributed by atoms with Crippen molar-refractivity contribution in [2.24, 2.45) is 0 Å². The number of hydrogen-bond donors (Lipinski definition) is 0. The lowest BCUT2D eigenvalue weighted by Crippen LogP contribution is -1.79. The van der Waals surface area contributed by atoms with Gasteiger partial charge in [-0.25, -0.2) is 4.98 Å². The number of aryl methyl sites for hydroxylation is 2. The number of nitrogens with zero attached hydrogens (tertiary/aromatic N) is 1. The van der Waals surface area contributed by atoms with Gasteiger partial charge in [-0.3, -0.25) is 0 Å². The Labute approximate surface area is 72.6 Å². The molecule has 10 heavy (non-hydrogen) atoms. The van der Waals surface area contributed by atoms with E-state index in [2.05, 4.69) is 20.9 Å². The number of aromatic nitrogens is 1. The Morgan fingerprint density at radius 3 is 3.10 bits per heavy atom. The van der Waals surface area contributed by atoms with E-state index in [4.69, 9.17) is 0 Å². The molecule has 0 fully saturated rings. The summed E-state index contributed by atoms with van der Waals surface area (Å²) in [6.07, 6.45) is 3.79. The summed E-state index contributed by atoms with van der Waals surface area (Å²) < 4.78 is 0. The summed E-state index contributed by atoms with van der Waals surface area (Å²) in [5.74, 6) is 0. The summed E-state index contributed by atoms with van der Waals surface area (Å²) in [6, 6.07) is 0. The topological polar surface area (TPSA) is 12.9 Å². The van der Waals surface area contributed by atoms with Gasteiger partial charge in [-0.1, -0.05) is 15.9 Å². The molecule has 1 aliphatic rings. The Kier molecular flexibility index (Phi) is 1.78. The van der Waals surface area contributed by atoms with Crippen molar-refractivity contribution in [2.75, 3.05) is 0 Å². The summed E-state index contributed by atoms with van der Waals surface area (Å²) in [6.45, 7) is 0. The molecule has 0 atom stereocenters. The monoisotopic (exact) mass is 217 g/mol. The maximum Gasteiger partial charge on any atom is 0.104 e. The fraction of sp³-hybridized carbons (Fsp3) is 0.571. The number of alkyl halides is 1. The molecule has 1 heterocycles. The van der Waals surface area contributed by atoms with Crippen LogP contribution in [-0.2, 0) is 18.2 Å². The van der Waals surface area contributed by atoms with Gasteiger partial charge in [-0.2, -0.15) is 0 Å². The first-order chi connectivity index (χ1) is 4.90. The van der Waals surface area contributed by atoms with Crippen LogP contribution in [0.15, 0.2) is 0 Å². The Hall–Kier alpha value is 0.110. The molecule has 1 nitrogen and oxygen atoms in total. The van der Waals surface area contributed by atoms with Crippen LogP contribution in [0.3, 0.4) is 0 Å². The number of halogens is 1. The molecule has 0 amide bonds. The van der Waals surface area contributed by atoms with E-state index in [9.17, 15) is 0 Å². The highest BCUT2D eigenvalue weighted by atomic mass is 79.9. The van der Waals surface area contributed by atoms with E-state index in [0.29, 0.717) is 0 Å². The van der Waals surface area contributed by atoms with E-state index in [1.165, 1.54) is 34.8 Å². The fourth-order valence-electron chi connectivity index (χ4n) is 1.30. The normalized spacial score (nSPS) is 15.7. The first-order valence-corrected chi connectivity index (χ1v) is 5.37. The zero-order chi connectivity index (χ0) is 6.97. The smallest absolute Gasteiger partial charge is 0.104 e. The Bertz CT molecular complexity index is 222. The van der Waals surface area contributed by atoms with Gasteiger partial charge >= 0.3 is 0 Å². The van der Waals surface area contributed by atoms with Crippen molar-refractivity contribution in [1.82, 2.24) is 4.98 Å². The van der Waals surface area contributed by atoms with Crippen LogP contribution in [-0.4, -0.2) is 4.98 Å². The van der Waals surface area contributed by atoms with Gasteiger partial charge < -0.3 is 0 Å². The van der Waals surface area contributed by atoms with Gasteiger partial charge in [-0.05, 0) is 19.3 Å². The maximum atomic E-state index is 4.48. The maximum absolute atomic E-state index is 4.48. The largest absolute Gasteiger partial charge is 0.245 e. The van der Waals surface area contributed by atoms with E-state index in [-0.39, 0.29) is 0 Å². The summed E-state index contributed by atoms with van der Waals surface area (Å²) in [5, 5.41) is 2.16. The molecule has 0 aliphatic heterocycles. The minimum atomic E-state index is 0.921. The zero-order valence-electron chi connectivity index (χ0n) is 5.56. The molecule has 0 saturated heterocycles. The Morgan fingerprint density at radius 1 is 1.50 bits per heavy atom. The van der Waals surface area contributed by atoms with Gasteiger partial charge in [0.2, 0.25) is 0 Å². The number of rotatable bonds is 1. The van der Waals surface area contributed by atoms with Crippen LogP contribution in [0.5, 0.6) is 0 Å². The summed E-state index contributed by atoms with van der Waals surface area (Å²) in [7, 11) is 0. The molecule has 0 N–H and O–H groups in total. The molecule has 0 spiro atoms. The third-order valence-electron chi connectivity index (χ3n) is 1.75. The quantitative estimate of drug-likeness (QED) is 0.660. The fourth-order valence-corrected chi connectivity index (χ4v) is 2.78. The molecule has 2 rings (SSSR count).